The number of Topliss-reactive ketones (excluding diaryl/α,β-unsaturated/α-hetero) is 1. The van der Waals surface area contributed by atoms with Crippen molar-refractivity contribution in [3.05, 3.63) is 29.8 Å². The van der Waals surface area contributed by atoms with Crippen molar-refractivity contribution in [3.8, 4) is 11.8 Å². The molecule has 0 fully saturated rings. The number of esters is 1. The van der Waals surface area contributed by atoms with Crippen LogP contribution < -0.4 is 22.0 Å². The first-order valence-electron chi connectivity index (χ1n) is 7.34. The Kier molecular flexibility index (Phi) is 7.40. The van der Waals surface area contributed by atoms with Gasteiger partial charge < -0.3 is 26.8 Å². The van der Waals surface area contributed by atoms with Crippen molar-refractivity contribution in [1.82, 2.24) is 0 Å². The summed E-state index contributed by atoms with van der Waals surface area (Å²) in [6, 6.07) is 6.67. The van der Waals surface area contributed by atoms with Crippen LogP contribution in [0.3, 0.4) is 0 Å². The molecule has 0 spiro atoms. The molecule has 1 rings (SSSR count). The van der Waals surface area contributed by atoms with Gasteiger partial charge >= 0.3 is 5.97 Å². The number of rotatable bonds is 9. The lowest BCUT2D eigenvalue weighted by Crippen LogP contribution is -2.61. The number of carbonyl (C=O) groups excluding carboxylic acids is 3. The predicted molar refractivity (Wildman–Crippen MR) is 89.3 cm³/mol. The smallest absolute Gasteiger partial charge is 0.339 e. The molecule has 0 saturated heterocycles. The molecule has 1 aromatic carbocycles. The van der Waals surface area contributed by atoms with Gasteiger partial charge in [0.15, 0.2) is 11.3 Å². The van der Waals surface area contributed by atoms with E-state index in [-0.39, 0.29) is 25.0 Å². The van der Waals surface area contributed by atoms with E-state index in [4.69, 9.17) is 27.3 Å². The highest BCUT2D eigenvalue weighted by molar-refractivity contribution is 6.11. The standard InChI is InChI=1S/C16H19N5O4/c17-8-1-7-16(19,14(23)13(18)6-9-22)15(24)25-12-4-2-11(3-5-12)10-21-20/h2-5,9-10,13H,1,6-7,18-20H2. The van der Waals surface area contributed by atoms with Crippen LogP contribution in [0.2, 0.25) is 0 Å². The number of hydrogen-bond acceptors (Lipinski definition) is 9. The molecule has 2 atom stereocenters. The molecule has 6 N–H and O–H groups in total. The molecule has 0 amide bonds. The van der Waals surface area contributed by atoms with E-state index in [0.29, 0.717) is 11.8 Å². The molecule has 9 heteroatoms. The Bertz CT molecular complexity index is 695. The fourth-order valence-corrected chi connectivity index (χ4v) is 2.03. The number of nitrogens with zero attached hydrogens (tertiary/aromatic N) is 2. The van der Waals surface area contributed by atoms with Crippen molar-refractivity contribution in [2.75, 3.05) is 0 Å². The molecule has 0 aliphatic heterocycles. The Morgan fingerprint density at radius 1 is 1.36 bits per heavy atom. The summed E-state index contributed by atoms with van der Waals surface area (Å²) in [6.45, 7) is 0. The van der Waals surface area contributed by atoms with Crippen LogP contribution in [-0.4, -0.2) is 35.8 Å². The minimum absolute atomic E-state index is 0.141. The van der Waals surface area contributed by atoms with Gasteiger partial charge in [-0.05, 0) is 36.2 Å². The molecule has 9 nitrogen and oxygen atoms in total. The third-order valence-electron chi connectivity index (χ3n) is 3.44. The maximum absolute atomic E-state index is 12.4. The second-order valence-electron chi connectivity index (χ2n) is 5.24. The molecule has 0 bridgehead atoms. The summed E-state index contributed by atoms with van der Waals surface area (Å²) in [4.78, 5) is 35.4. The number of nitrogens with two attached hydrogens (primary N) is 3. The van der Waals surface area contributed by atoms with Crippen LogP contribution in [0.4, 0.5) is 0 Å². The van der Waals surface area contributed by atoms with Gasteiger partial charge in [-0.15, -0.1) is 0 Å². The van der Waals surface area contributed by atoms with Crippen molar-refractivity contribution >= 4 is 24.3 Å². The predicted octanol–water partition coefficient (Wildman–Crippen LogP) is -0.629. The Hall–Kier alpha value is -3.09. The highest BCUT2D eigenvalue weighted by Crippen LogP contribution is 2.19. The van der Waals surface area contributed by atoms with Crippen LogP contribution in [0, 0.1) is 11.3 Å². The zero-order chi connectivity index (χ0) is 18.9. The first-order chi connectivity index (χ1) is 11.9. The summed E-state index contributed by atoms with van der Waals surface area (Å²) in [5.74, 6) is 3.28. The van der Waals surface area contributed by atoms with Crippen molar-refractivity contribution in [3.63, 3.8) is 0 Å². The summed E-state index contributed by atoms with van der Waals surface area (Å²) in [6.07, 6.45) is 1.14. The Morgan fingerprint density at radius 3 is 2.52 bits per heavy atom. The monoisotopic (exact) mass is 345 g/mol. The quantitative estimate of drug-likeness (QED) is 0.101. The van der Waals surface area contributed by atoms with E-state index in [0.717, 1.165) is 0 Å². The highest BCUT2D eigenvalue weighted by Gasteiger charge is 2.45. The Morgan fingerprint density at radius 2 is 2.00 bits per heavy atom. The normalized spacial score (nSPS) is 14.3. The van der Waals surface area contributed by atoms with Gasteiger partial charge in [0, 0.05) is 12.8 Å². The van der Waals surface area contributed by atoms with Crippen LogP contribution in [0.1, 0.15) is 24.8 Å². The van der Waals surface area contributed by atoms with Gasteiger partial charge in [0.1, 0.15) is 12.0 Å². The molecule has 0 heterocycles. The molecule has 1 aromatic rings. The first-order valence-corrected chi connectivity index (χ1v) is 7.34. The van der Waals surface area contributed by atoms with Crippen LogP contribution in [-0.2, 0) is 14.4 Å². The lowest BCUT2D eigenvalue weighted by atomic mass is 9.85. The summed E-state index contributed by atoms with van der Waals surface area (Å²) in [5, 5.41) is 12.1. The lowest BCUT2D eigenvalue weighted by molar-refractivity contribution is -0.147. The van der Waals surface area contributed by atoms with E-state index in [9.17, 15) is 14.4 Å². The summed E-state index contributed by atoms with van der Waals surface area (Å²) in [5.41, 5.74) is 10.1. The van der Waals surface area contributed by atoms with Gasteiger partial charge in [-0.1, -0.05) is 0 Å². The van der Waals surface area contributed by atoms with Gasteiger partial charge in [-0.3, -0.25) is 4.79 Å². The van der Waals surface area contributed by atoms with E-state index >= 15 is 0 Å². The number of hydrazone groups is 1. The van der Waals surface area contributed by atoms with Crippen LogP contribution >= 0.6 is 0 Å². The summed E-state index contributed by atoms with van der Waals surface area (Å²) >= 11 is 0. The van der Waals surface area contributed by atoms with Crippen molar-refractivity contribution in [1.29, 1.82) is 5.26 Å². The number of hydrogen-bond donors (Lipinski definition) is 3. The lowest BCUT2D eigenvalue weighted by Gasteiger charge is -2.27. The van der Waals surface area contributed by atoms with E-state index in [1.165, 1.54) is 18.3 Å². The average Bonchev–Trinajstić information content (AvgIpc) is 2.61. The molecule has 25 heavy (non-hydrogen) atoms. The number of carbonyl (C=O) groups is 3. The Balaban J connectivity index is 3.01. The second-order valence-corrected chi connectivity index (χ2v) is 5.24. The molecule has 132 valence electrons. The van der Waals surface area contributed by atoms with Gasteiger partial charge in [0.2, 0.25) is 0 Å². The molecular formula is C16H19N5O4. The fraction of sp³-hybridized carbons (Fsp3) is 0.312. The average molecular weight is 345 g/mol. The number of ether oxygens (including phenoxy) is 1. The maximum atomic E-state index is 12.4. The van der Waals surface area contributed by atoms with Gasteiger partial charge in [0.05, 0.1) is 18.3 Å². The summed E-state index contributed by atoms with van der Waals surface area (Å²) in [7, 11) is 0. The molecular weight excluding hydrogens is 326 g/mol. The van der Waals surface area contributed by atoms with Gasteiger partial charge in [-0.25, -0.2) is 4.79 Å². The van der Waals surface area contributed by atoms with Crippen LogP contribution in [0.15, 0.2) is 29.4 Å². The molecule has 0 aliphatic rings. The summed E-state index contributed by atoms with van der Waals surface area (Å²) < 4.78 is 5.15. The molecule has 0 aromatic heterocycles. The minimum Gasteiger partial charge on any atom is -0.425 e. The van der Waals surface area contributed by atoms with Crippen molar-refractivity contribution in [2.24, 2.45) is 22.4 Å². The highest BCUT2D eigenvalue weighted by atomic mass is 16.5. The van der Waals surface area contributed by atoms with E-state index in [1.807, 2.05) is 6.07 Å². The zero-order valence-electron chi connectivity index (χ0n) is 13.4. The third kappa shape index (κ3) is 5.20. The number of ketones is 1. The fourth-order valence-electron chi connectivity index (χ4n) is 2.03. The van der Waals surface area contributed by atoms with Gasteiger partial charge in [-0.2, -0.15) is 10.4 Å². The van der Waals surface area contributed by atoms with E-state index < -0.39 is 23.3 Å². The zero-order valence-corrected chi connectivity index (χ0v) is 13.4. The molecule has 0 radical (unpaired) electrons. The molecule has 0 aliphatic carbocycles. The van der Waals surface area contributed by atoms with Crippen molar-refractivity contribution < 1.29 is 19.1 Å². The Labute approximate surface area is 144 Å². The SMILES string of the molecule is N#CCCC(N)(C(=O)Oc1ccc(C=NN)cc1)C(=O)C(N)CC=O. The minimum atomic E-state index is -2.12. The molecule has 0 saturated carbocycles. The number of benzene rings is 1. The van der Waals surface area contributed by atoms with Crippen molar-refractivity contribution in [2.45, 2.75) is 30.8 Å². The topological polar surface area (TPSA) is 175 Å². The maximum Gasteiger partial charge on any atom is 0.339 e. The molecule has 2 unspecified atom stereocenters. The van der Waals surface area contributed by atoms with Crippen LogP contribution in [0.25, 0.3) is 0 Å². The van der Waals surface area contributed by atoms with Gasteiger partial charge in [0.25, 0.3) is 0 Å². The largest absolute Gasteiger partial charge is 0.425 e. The van der Waals surface area contributed by atoms with E-state index in [2.05, 4.69) is 5.10 Å². The van der Waals surface area contributed by atoms with E-state index in [1.54, 1.807) is 12.1 Å². The van der Waals surface area contributed by atoms with Crippen LogP contribution in [0.5, 0.6) is 5.75 Å². The number of nitriles is 1. The number of aldehydes is 1. The second kappa shape index (κ2) is 9.27. The third-order valence-corrected chi connectivity index (χ3v) is 3.44. The first kappa shape index (κ1) is 20.0.